The lowest BCUT2D eigenvalue weighted by Gasteiger charge is -2.22. The first-order chi connectivity index (χ1) is 11.3. The number of carbonyl (C=O) groups is 1. The van der Waals surface area contributed by atoms with Crippen LogP contribution < -0.4 is 15.4 Å². The van der Waals surface area contributed by atoms with E-state index in [0.29, 0.717) is 37.2 Å². The smallest absolute Gasteiger partial charge is 0.239 e. The number of hydrogen-bond donors (Lipinski definition) is 2. The number of methoxy groups -OCH3 is 1. The number of nitrogens with zero attached hydrogens (tertiary/aromatic N) is 1. The minimum absolute atomic E-state index is 0.137. The highest BCUT2D eigenvalue weighted by Crippen LogP contribution is 2.26. The summed E-state index contributed by atoms with van der Waals surface area (Å²) in [5.74, 6) is 1.61. The van der Waals surface area contributed by atoms with E-state index in [0.717, 1.165) is 0 Å². The second-order valence-electron chi connectivity index (χ2n) is 5.88. The second-order valence-corrected chi connectivity index (χ2v) is 5.88. The van der Waals surface area contributed by atoms with Crippen LogP contribution in [0, 0.1) is 5.92 Å². The maximum atomic E-state index is 11.9. The Morgan fingerprint density at radius 2 is 2.17 bits per heavy atom. The molecule has 0 aliphatic heterocycles. The highest BCUT2D eigenvalue weighted by molar-refractivity contribution is 5.92. The number of anilines is 1. The number of carbonyl (C=O) groups excluding carboxylic acids is 1. The van der Waals surface area contributed by atoms with Crippen molar-refractivity contribution in [1.29, 1.82) is 0 Å². The van der Waals surface area contributed by atoms with Crippen LogP contribution in [0.4, 0.5) is 5.82 Å². The van der Waals surface area contributed by atoms with E-state index in [1.807, 2.05) is 12.1 Å². The maximum absolute atomic E-state index is 11.9. The third-order valence-corrected chi connectivity index (χ3v) is 4.00. The van der Waals surface area contributed by atoms with Gasteiger partial charge in [0, 0.05) is 19.9 Å². The predicted octanol–water partition coefficient (Wildman–Crippen LogP) is 2.22. The molecule has 0 bridgehead atoms. The van der Waals surface area contributed by atoms with Crippen molar-refractivity contribution in [3.63, 3.8) is 0 Å². The molecule has 1 heterocycles. The quantitative estimate of drug-likeness (QED) is 0.682. The summed E-state index contributed by atoms with van der Waals surface area (Å²) in [6, 6.07) is 3.67. The van der Waals surface area contributed by atoms with Gasteiger partial charge in [-0.05, 0) is 30.9 Å². The van der Waals surface area contributed by atoms with Crippen LogP contribution in [0.25, 0.3) is 0 Å². The summed E-state index contributed by atoms with van der Waals surface area (Å²) in [4.78, 5) is 16.1. The van der Waals surface area contributed by atoms with Crippen molar-refractivity contribution in [2.24, 2.45) is 5.92 Å². The third kappa shape index (κ3) is 6.54. The molecule has 0 unspecified atom stereocenters. The molecule has 1 aromatic heterocycles. The van der Waals surface area contributed by atoms with Crippen molar-refractivity contribution in [3.8, 4) is 5.75 Å². The summed E-state index contributed by atoms with van der Waals surface area (Å²) in [7, 11) is 1.63. The van der Waals surface area contributed by atoms with Crippen molar-refractivity contribution in [2.45, 2.75) is 32.1 Å². The third-order valence-electron chi connectivity index (χ3n) is 4.00. The Kier molecular flexibility index (Phi) is 7.83. The molecular formula is C17H27N3O3. The molecule has 2 rings (SSSR count). The molecule has 6 heteroatoms. The Morgan fingerprint density at radius 3 is 2.96 bits per heavy atom. The zero-order chi connectivity index (χ0) is 16.3. The number of amides is 1. The van der Waals surface area contributed by atoms with Crippen molar-refractivity contribution in [1.82, 2.24) is 10.3 Å². The zero-order valence-corrected chi connectivity index (χ0v) is 13.8. The van der Waals surface area contributed by atoms with Gasteiger partial charge in [-0.1, -0.05) is 19.3 Å². The van der Waals surface area contributed by atoms with Crippen LogP contribution >= 0.6 is 0 Å². The highest BCUT2D eigenvalue weighted by Gasteiger charge is 2.15. The summed E-state index contributed by atoms with van der Waals surface area (Å²) in [6.07, 6.45) is 8.02. The van der Waals surface area contributed by atoms with Crippen molar-refractivity contribution in [2.75, 3.05) is 38.7 Å². The minimum atomic E-state index is -0.137. The molecule has 2 N–H and O–H groups in total. The van der Waals surface area contributed by atoms with Crippen LogP contribution in [0.2, 0.25) is 0 Å². The number of ether oxygens (including phenoxy) is 2. The molecule has 0 atom stereocenters. The Morgan fingerprint density at radius 1 is 1.35 bits per heavy atom. The first-order valence-electron chi connectivity index (χ1n) is 8.37. The fourth-order valence-corrected chi connectivity index (χ4v) is 2.71. The molecule has 1 aliphatic carbocycles. The molecule has 1 saturated carbocycles. The van der Waals surface area contributed by atoms with Gasteiger partial charge in [0.2, 0.25) is 5.91 Å². The van der Waals surface area contributed by atoms with E-state index in [9.17, 15) is 4.79 Å². The van der Waals surface area contributed by atoms with E-state index in [2.05, 4.69) is 15.6 Å². The molecule has 6 nitrogen and oxygen atoms in total. The average molecular weight is 321 g/mol. The number of aromatic nitrogens is 1. The summed E-state index contributed by atoms with van der Waals surface area (Å²) < 4.78 is 10.8. The van der Waals surface area contributed by atoms with Gasteiger partial charge in [-0.2, -0.15) is 0 Å². The molecule has 128 valence electrons. The van der Waals surface area contributed by atoms with Gasteiger partial charge >= 0.3 is 0 Å². The van der Waals surface area contributed by atoms with E-state index in [1.165, 1.54) is 32.1 Å². The SMILES string of the molecule is COCCNCC(=O)Nc1ncccc1OCC1CCCCC1. The lowest BCUT2D eigenvalue weighted by molar-refractivity contribution is -0.115. The van der Waals surface area contributed by atoms with E-state index < -0.39 is 0 Å². The van der Waals surface area contributed by atoms with Crippen LogP contribution in [0.1, 0.15) is 32.1 Å². The molecule has 1 aliphatic rings. The Bertz CT molecular complexity index is 476. The largest absolute Gasteiger partial charge is 0.489 e. The summed E-state index contributed by atoms with van der Waals surface area (Å²) >= 11 is 0. The van der Waals surface area contributed by atoms with Crippen molar-refractivity contribution < 1.29 is 14.3 Å². The lowest BCUT2D eigenvalue weighted by Crippen LogP contribution is -2.30. The van der Waals surface area contributed by atoms with Gasteiger partial charge in [-0.25, -0.2) is 4.98 Å². The zero-order valence-electron chi connectivity index (χ0n) is 13.8. The molecule has 0 aromatic carbocycles. The first kappa shape index (κ1) is 17.7. The molecule has 0 spiro atoms. The molecule has 1 fully saturated rings. The van der Waals surface area contributed by atoms with E-state index >= 15 is 0 Å². The van der Waals surface area contributed by atoms with Gasteiger partial charge in [0.05, 0.1) is 19.8 Å². The molecule has 0 saturated heterocycles. The average Bonchev–Trinajstić information content (AvgIpc) is 2.59. The summed E-state index contributed by atoms with van der Waals surface area (Å²) in [5, 5.41) is 5.80. The van der Waals surface area contributed by atoms with Crippen LogP contribution in [0.15, 0.2) is 18.3 Å². The second kappa shape index (κ2) is 10.2. The van der Waals surface area contributed by atoms with Crippen molar-refractivity contribution in [3.05, 3.63) is 18.3 Å². The Balaban J connectivity index is 1.80. The standard InChI is InChI=1S/C17H27N3O3/c1-22-11-10-18-12-16(21)20-17-15(8-5-9-19-17)23-13-14-6-3-2-4-7-14/h5,8-9,14,18H,2-4,6-7,10-13H2,1H3,(H,19,20,21). The summed E-state index contributed by atoms with van der Waals surface area (Å²) in [5.41, 5.74) is 0. The van der Waals surface area contributed by atoms with Gasteiger partial charge in [0.15, 0.2) is 11.6 Å². The highest BCUT2D eigenvalue weighted by atomic mass is 16.5. The van der Waals surface area contributed by atoms with Crippen LogP contribution in [-0.2, 0) is 9.53 Å². The van der Waals surface area contributed by atoms with Crippen molar-refractivity contribution >= 4 is 11.7 Å². The number of rotatable bonds is 9. The fourth-order valence-electron chi connectivity index (χ4n) is 2.71. The predicted molar refractivity (Wildman–Crippen MR) is 89.7 cm³/mol. The van der Waals surface area contributed by atoms with Gasteiger partial charge in [-0.15, -0.1) is 0 Å². The topological polar surface area (TPSA) is 72.5 Å². The van der Waals surface area contributed by atoms with Gasteiger partial charge < -0.3 is 20.1 Å². The van der Waals surface area contributed by atoms with Crippen LogP contribution in [-0.4, -0.2) is 44.3 Å². The maximum Gasteiger partial charge on any atom is 0.239 e. The van der Waals surface area contributed by atoms with Crippen LogP contribution in [0.5, 0.6) is 5.75 Å². The molecular weight excluding hydrogens is 294 g/mol. The van der Waals surface area contributed by atoms with E-state index in [1.54, 1.807) is 13.3 Å². The Labute approximate surface area is 138 Å². The fraction of sp³-hybridized carbons (Fsp3) is 0.647. The first-order valence-corrected chi connectivity index (χ1v) is 8.37. The number of nitrogens with one attached hydrogen (secondary N) is 2. The molecule has 0 radical (unpaired) electrons. The minimum Gasteiger partial charge on any atom is -0.489 e. The van der Waals surface area contributed by atoms with Crippen LogP contribution in [0.3, 0.4) is 0 Å². The Hall–Kier alpha value is -1.66. The molecule has 1 aromatic rings. The summed E-state index contributed by atoms with van der Waals surface area (Å²) in [6.45, 7) is 2.13. The van der Waals surface area contributed by atoms with Gasteiger partial charge in [0.25, 0.3) is 0 Å². The monoisotopic (exact) mass is 321 g/mol. The normalized spacial score (nSPS) is 15.3. The van der Waals surface area contributed by atoms with Gasteiger partial charge in [0.1, 0.15) is 0 Å². The lowest BCUT2D eigenvalue weighted by atomic mass is 9.90. The molecule has 1 amide bonds. The van der Waals surface area contributed by atoms with E-state index in [-0.39, 0.29) is 12.5 Å². The number of pyridine rings is 1. The van der Waals surface area contributed by atoms with E-state index in [4.69, 9.17) is 9.47 Å². The number of hydrogen-bond acceptors (Lipinski definition) is 5. The van der Waals surface area contributed by atoms with Gasteiger partial charge in [-0.3, -0.25) is 4.79 Å². The molecule has 23 heavy (non-hydrogen) atoms.